The highest BCUT2D eigenvalue weighted by atomic mass is 16.5. The number of aromatic nitrogens is 1. The number of rotatable bonds is 4. The molecule has 0 bridgehead atoms. The first kappa shape index (κ1) is 14.3. The molecule has 1 atom stereocenters. The minimum atomic E-state index is 0.224. The van der Waals surface area contributed by atoms with Crippen LogP contribution in [0, 0.1) is 13.8 Å². The third kappa shape index (κ3) is 2.90. The van der Waals surface area contributed by atoms with Crippen molar-refractivity contribution < 1.29 is 9.53 Å². The van der Waals surface area contributed by atoms with E-state index in [2.05, 4.69) is 30.2 Å². The van der Waals surface area contributed by atoms with Crippen LogP contribution < -0.4 is 0 Å². The van der Waals surface area contributed by atoms with Crippen molar-refractivity contribution in [3.8, 4) is 0 Å². The number of hydrogen-bond donors (Lipinski definition) is 0. The van der Waals surface area contributed by atoms with E-state index in [0.717, 1.165) is 37.6 Å². The SMILES string of the molecule is CCn1c(C)cc(C(=O)CN2CCOCC2C)c1C. The van der Waals surface area contributed by atoms with E-state index in [4.69, 9.17) is 4.74 Å². The number of nitrogens with zero attached hydrogens (tertiary/aromatic N) is 2. The Bertz CT molecular complexity index is 465. The molecule has 1 aliphatic rings. The number of morpholine rings is 1. The number of carbonyl (C=O) groups excluding carboxylic acids is 1. The summed E-state index contributed by atoms with van der Waals surface area (Å²) in [7, 11) is 0. The summed E-state index contributed by atoms with van der Waals surface area (Å²) in [6.07, 6.45) is 0. The Kier molecular flexibility index (Phi) is 4.42. The van der Waals surface area contributed by atoms with Crippen LogP contribution >= 0.6 is 0 Å². The van der Waals surface area contributed by atoms with Gasteiger partial charge in [0.1, 0.15) is 0 Å². The summed E-state index contributed by atoms with van der Waals surface area (Å²) < 4.78 is 7.60. The molecule has 1 unspecified atom stereocenters. The van der Waals surface area contributed by atoms with Crippen LogP contribution in [0.4, 0.5) is 0 Å². The first-order valence-electron chi connectivity index (χ1n) is 7.06. The zero-order chi connectivity index (χ0) is 14.0. The summed E-state index contributed by atoms with van der Waals surface area (Å²) in [5.74, 6) is 0.224. The van der Waals surface area contributed by atoms with Gasteiger partial charge in [0.25, 0.3) is 0 Å². The molecule has 0 N–H and O–H groups in total. The number of ether oxygens (including phenoxy) is 1. The van der Waals surface area contributed by atoms with Crippen molar-refractivity contribution in [1.82, 2.24) is 9.47 Å². The van der Waals surface area contributed by atoms with Gasteiger partial charge in [0.2, 0.25) is 0 Å². The Morgan fingerprint density at radius 1 is 1.47 bits per heavy atom. The van der Waals surface area contributed by atoms with Gasteiger partial charge in [-0.15, -0.1) is 0 Å². The van der Waals surface area contributed by atoms with Gasteiger partial charge >= 0.3 is 0 Å². The lowest BCUT2D eigenvalue weighted by Crippen LogP contribution is -2.46. The molecule has 0 spiro atoms. The molecular weight excluding hydrogens is 240 g/mol. The molecule has 106 valence electrons. The Labute approximate surface area is 115 Å². The summed E-state index contributed by atoms with van der Waals surface area (Å²) >= 11 is 0. The van der Waals surface area contributed by atoms with Crippen molar-refractivity contribution in [2.24, 2.45) is 0 Å². The first-order chi connectivity index (χ1) is 9.04. The predicted octanol–water partition coefficient (Wildman–Crippen LogP) is 2.03. The van der Waals surface area contributed by atoms with Gasteiger partial charge < -0.3 is 9.30 Å². The second-order valence-electron chi connectivity index (χ2n) is 5.35. The van der Waals surface area contributed by atoms with Gasteiger partial charge in [-0.1, -0.05) is 0 Å². The smallest absolute Gasteiger partial charge is 0.178 e. The van der Waals surface area contributed by atoms with Crippen LogP contribution in [0.25, 0.3) is 0 Å². The Morgan fingerprint density at radius 3 is 2.79 bits per heavy atom. The monoisotopic (exact) mass is 264 g/mol. The van der Waals surface area contributed by atoms with Crippen LogP contribution in [0.15, 0.2) is 6.07 Å². The number of hydrogen-bond acceptors (Lipinski definition) is 3. The number of carbonyl (C=O) groups is 1. The maximum atomic E-state index is 12.5. The molecule has 0 radical (unpaired) electrons. The molecule has 0 saturated carbocycles. The molecule has 1 aromatic rings. The van der Waals surface area contributed by atoms with Crippen LogP contribution in [0.3, 0.4) is 0 Å². The molecule has 19 heavy (non-hydrogen) atoms. The third-order valence-electron chi connectivity index (χ3n) is 4.04. The van der Waals surface area contributed by atoms with Crippen molar-refractivity contribution in [3.05, 3.63) is 23.0 Å². The number of Topliss-reactive ketones (excluding diaryl/α,β-unsaturated/α-hetero) is 1. The molecule has 4 heteroatoms. The van der Waals surface area contributed by atoms with Gasteiger partial charge in [-0.3, -0.25) is 9.69 Å². The summed E-state index contributed by atoms with van der Waals surface area (Å²) in [6, 6.07) is 2.35. The molecular formula is C15H24N2O2. The molecule has 4 nitrogen and oxygen atoms in total. The molecule has 2 heterocycles. The average molecular weight is 264 g/mol. The molecule has 0 aromatic carbocycles. The van der Waals surface area contributed by atoms with E-state index >= 15 is 0 Å². The summed E-state index contributed by atoms with van der Waals surface area (Å²) in [5, 5.41) is 0. The van der Waals surface area contributed by atoms with E-state index in [9.17, 15) is 4.79 Å². The van der Waals surface area contributed by atoms with E-state index in [1.165, 1.54) is 5.69 Å². The van der Waals surface area contributed by atoms with Crippen LogP contribution in [-0.2, 0) is 11.3 Å². The van der Waals surface area contributed by atoms with E-state index in [-0.39, 0.29) is 5.78 Å². The molecule has 1 aliphatic heterocycles. The second-order valence-corrected chi connectivity index (χ2v) is 5.35. The lowest BCUT2D eigenvalue weighted by Gasteiger charge is -2.32. The summed E-state index contributed by atoms with van der Waals surface area (Å²) in [6.45, 7) is 12.0. The molecule has 1 fully saturated rings. The Hall–Kier alpha value is -1.13. The molecule has 0 amide bonds. The number of aryl methyl sites for hydroxylation is 1. The van der Waals surface area contributed by atoms with Gasteiger partial charge in [-0.2, -0.15) is 0 Å². The van der Waals surface area contributed by atoms with E-state index in [1.54, 1.807) is 0 Å². The second kappa shape index (κ2) is 5.88. The van der Waals surface area contributed by atoms with E-state index < -0.39 is 0 Å². The minimum absolute atomic E-state index is 0.224. The fourth-order valence-corrected chi connectivity index (χ4v) is 2.84. The fraction of sp³-hybridized carbons (Fsp3) is 0.667. The van der Waals surface area contributed by atoms with Gasteiger partial charge in [0.15, 0.2) is 5.78 Å². The van der Waals surface area contributed by atoms with Crippen LogP contribution in [0.5, 0.6) is 0 Å². The van der Waals surface area contributed by atoms with Gasteiger partial charge in [0, 0.05) is 36.1 Å². The number of ketones is 1. The molecule has 2 rings (SSSR count). The van der Waals surface area contributed by atoms with Crippen LogP contribution in [0.1, 0.15) is 35.6 Å². The maximum absolute atomic E-state index is 12.5. The minimum Gasteiger partial charge on any atom is -0.379 e. The molecule has 1 aromatic heterocycles. The fourth-order valence-electron chi connectivity index (χ4n) is 2.84. The van der Waals surface area contributed by atoms with Crippen LogP contribution in [-0.4, -0.2) is 47.6 Å². The zero-order valence-corrected chi connectivity index (χ0v) is 12.4. The van der Waals surface area contributed by atoms with Gasteiger partial charge in [0.05, 0.1) is 19.8 Å². The highest BCUT2D eigenvalue weighted by molar-refractivity contribution is 5.99. The van der Waals surface area contributed by atoms with E-state index in [1.807, 2.05) is 13.0 Å². The van der Waals surface area contributed by atoms with Crippen molar-refractivity contribution >= 4 is 5.78 Å². The van der Waals surface area contributed by atoms with E-state index in [0.29, 0.717) is 12.6 Å². The summed E-state index contributed by atoms with van der Waals surface area (Å²) in [5.41, 5.74) is 3.13. The molecule has 0 aliphatic carbocycles. The van der Waals surface area contributed by atoms with Crippen LogP contribution in [0.2, 0.25) is 0 Å². The van der Waals surface area contributed by atoms with Gasteiger partial charge in [-0.05, 0) is 33.8 Å². The Balaban J connectivity index is 2.11. The topological polar surface area (TPSA) is 34.5 Å². The average Bonchev–Trinajstić information content (AvgIpc) is 2.67. The van der Waals surface area contributed by atoms with Crippen molar-refractivity contribution in [2.75, 3.05) is 26.3 Å². The standard InChI is InChI=1S/C15H24N2O2/c1-5-17-11(2)8-14(13(17)4)15(18)9-16-6-7-19-10-12(16)3/h8,12H,5-7,9-10H2,1-4H3. The third-order valence-corrected chi connectivity index (χ3v) is 4.04. The first-order valence-corrected chi connectivity index (χ1v) is 7.06. The largest absolute Gasteiger partial charge is 0.379 e. The zero-order valence-electron chi connectivity index (χ0n) is 12.4. The lowest BCUT2D eigenvalue weighted by molar-refractivity contribution is 0.00200. The lowest BCUT2D eigenvalue weighted by atomic mass is 10.1. The van der Waals surface area contributed by atoms with Crippen molar-refractivity contribution in [3.63, 3.8) is 0 Å². The quantitative estimate of drug-likeness (QED) is 0.780. The maximum Gasteiger partial charge on any atom is 0.178 e. The molecule has 1 saturated heterocycles. The summed E-state index contributed by atoms with van der Waals surface area (Å²) in [4.78, 5) is 14.7. The van der Waals surface area contributed by atoms with Crippen molar-refractivity contribution in [2.45, 2.75) is 40.3 Å². The normalized spacial score (nSPS) is 20.7. The van der Waals surface area contributed by atoms with Gasteiger partial charge in [-0.25, -0.2) is 0 Å². The Morgan fingerprint density at radius 2 is 2.21 bits per heavy atom. The van der Waals surface area contributed by atoms with Crippen molar-refractivity contribution in [1.29, 1.82) is 0 Å². The predicted molar refractivity (Wildman–Crippen MR) is 75.8 cm³/mol. The highest BCUT2D eigenvalue weighted by Gasteiger charge is 2.23. The highest BCUT2D eigenvalue weighted by Crippen LogP contribution is 2.17.